The van der Waals surface area contributed by atoms with Crippen molar-refractivity contribution in [2.24, 2.45) is 11.7 Å². The third kappa shape index (κ3) is 3.36. The number of ketones is 2. The normalized spacial score (nSPS) is 22.5. The molecule has 3 rings (SSSR count). The smallest absolute Gasteiger partial charge is 0.231 e. The van der Waals surface area contributed by atoms with E-state index in [2.05, 4.69) is 6.58 Å². The lowest BCUT2D eigenvalue weighted by molar-refractivity contribution is -0.118. The summed E-state index contributed by atoms with van der Waals surface area (Å²) in [6, 6.07) is 1.54. The van der Waals surface area contributed by atoms with E-state index >= 15 is 0 Å². The number of allylic oxidation sites excluding steroid dienone is 1. The van der Waals surface area contributed by atoms with Gasteiger partial charge in [-0.3, -0.25) is 9.59 Å². The molecule has 1 aromatic rings. The first kappa shape index (κ1) is 21.8. The van der Waals surface area contributed by atoms with E-state index in [-0.39, 0.29) is 40.1 Å². The number of ether oxygens (including phenoxy) is 4. The van der Waals surface area contributed by atoms with Gasteiger partial charge < -0.3 is 24.7 Å². The van der Waals surface area contributed by atoms with Crippen LogP contribution in [0.5, 0.6) is 17.2 Å². The minimum absolute atomic E-state index is 0.118. The molecule has 2 N–H and O–H groups in total. The highest BCUT2D eigenvalue weighted by atomic mass is 35.5. The molecule has 7 nitrogen and oxygen atoms in total. The molecule has 0 bridgehead atoms. The molecule has 152 valence electrons. The van der Waals surface area contributed by atoms with Gasteiger partial charge in [0.2, 0.25) is 11.4 Å². The van der Waals surface area contributed by atoms with Crippen LogP contribution in [0.25, 0.3) is 0 Å². The fourth-order valence-corrected chi connectivity index (χ4v) is 3.56. The van der Waals surface area contributed by atoms with Gasteiger partial charge in [-0.25, -0.2) is 0 Å². The molecule has 0 saturated carbocycles. The van der Waals surface area contributed by atoms with Gasteiger partial charge in [-0.2, -0.15) is 0 Å². The van der Waals surface area contributed by atoms with Gasteiger partial charge in [-0.15, -0.1) is 6.58 Å². The number of carbonyl (C=O) groups excluding carboxylic acids is 2. The van der Waals surface area contributed by atoms with Crippen molar-refractivity contribution < 1.29 is 28.5 Å². The Morgan fingerprint density at radius 2 is 1.89 bits per heavy atom. The summed E-state index contributed by atoms with van der Waals surface area (Å²) in [4.78, 5) is 25.1. The molecule has 2 aliphatic rings. The first-order chi connectivity index (χ1) is 13.3. The number of benzene rings is 1. The van der Waals surface area contributed by atoms with Gasteiger partial charge in [0.05, 0.1) is 21.3 Å². The maximum Gasteiger partial charge on any atom is 0.231 e. The highest BCUT2D eigenvalue weighted by molar-refractivity contribution is 6.35. The van der Waals surface area contributed by atoms with Gasteiger partial charge in [0.25, 0.3) is 0 Å². The van der Waals surface area contributed by atoms with E-state index in [1.165, 1.54) is 33.5 Å². The van der Waals surface area contributed by atoms with Crippen LogP contribution < -0.4 is 19.9 Å². The van der Waals surface area contributed by atoms with Crippen LogP contribution in [0.1, 0.15) is 23.7 Å². The SMILES string of the molecule is C=CCN.COC1=CC(=O)C[C@@H](C)[C@]12Oc1c(Cl)c(OC)cc(OC)c1C2=O. The first-order valence-corrected chi connectivity index (χ1v) is 8.98. The molecular formula is C20H24ClNO6. The molecule has 28 heavy (non-hydrogen) atoms. The number of halogens is 1. The van der Waals surface area contributed by atoms with Gasteiger partial charge in [0.15, 0.2) is 17.3 Å². The summed E-state index contributed by atoms with van der Waals surface area (Å²) in [5, 5.41) is 0.179. The minimum atomic E-state index is -1.42. The molecule has 1 aliphatic heterocycles. The zero-order chi connectivity index (χ0) is 21.1. The van der Waals surface area contributed by atoms with Crippen molar-refractivity contribution in [3.63, 3.8) is 0 Å². The Bertz CT molecular complexity index is 834. The van der Waals surface area contributed by atoms with Crippen molar-refractivity contribution in [3.8, 4) is 17.2 Å². The Balaban J connectivity index is 0.000000640. The highest BCUT2D eigenvalue weighted by Gasteiger charge is 2.59. The third-order valence-electron chi connectivity index (χ3n) is 4.66. The Morgan fingerprint density at radius 1 is 1.29 bits per heavy atom. The van der Waals surface area contributed by atoms with Crippen LogP contribution in [-0.2, 0) is 9.53 Å². The molecule has 0 unspecified atom stereocenters. The highest BCUT2D eigenvalue weighted by Crippen LogP contribution is 2.54. The van der Waals surface area contributed by atoms with Crippen LogP contribution in [0.3, 0.4) is 0 Å². The number of carbonyl (C=O) groups is 2. The number of hydrogen-bond acceptors (Lipinski definition) is 7. The second-order valence-electron chi connectivity index (χ2n) is 6.27. The number of methoxy groups -OCH3 is 3. The minimum Gasteiger partial charge on any atom is -0.496 e. The lowest BCUT2D eigenvalue weighted by Crippen LogP contribution is -2.51. The van der Waals surface area contributed by atoms with Crippen LogP contribution in [0.15, 0.2) is 30.6 Å². The first-order valence-electron chi connectivity index (χ1n) is 8.60. The zero-order valence-electron chi connectivity index (χ0n) is 16.3. The van der Waals surface area contributed by atoms with Crippen molar-refractivity contribution in [2.45, 2.75) is 18.9 Å². The van der Waals surface area contributed by atoms with Crippen molar-refractivity contribution in [1.82, 2.24) is 0 Å². The van der Waals surface area contributed by atoms with Crippen molar-refractivity contribution in [1.29, 1.82) is 0 Å². The van der Waals surface area contributed by atoms with Gasteiger partial charge in [-0.1, -0.05) is 24.6 Å². The van der Waals surface area contributed by atoms with Crippen molar-refractivity contribution in [2.75, 3.05) is 27.9 Å². The van der Waals surface area contributed by atoms with E-state index in [1.807, 2.05) is 0 Å². The fraction of sp³-hybridized carbons (Fsp3) is 0.400. The molecule has 2 atom stereocenters. The molecule has 1 aromatic carbocycles. The Labute approximate surface area is 169 Å². The van der Waals surface area contributed by atoms with E-state index in [9.17, 15) is 9.59 Å². The van der Waals surface area contributed by atoms with Crippen LogP contribution in [0, 0.1) is 5.92 Å². The molecule has 0 aromatic heterocycles. The average Bonchev–Trinajstić information content (AvgIpc) is 3.00. The summed E-state index contributed by atoms with van der Waals surface area (Å²) in [5.74, 6) is 0.107. The second-order valence-corrected chi connectivity index (χ2v) is 6.65. The van der Waals surface area contributed by atoms with Crippen LogP contribution in [0.4, 0.5) is 0 Å². The lowest BCUT2D eigenvalue weighted by atomic mass is 9.75. The van der Waals surface area contributed by atoms with Crippen molar-refractivity contribution >= 4 is 23.2 Å². The molecule has 1 spiro atoms. The summed E-state index contributed by atoms with van der Waals surface area (Å²) < 4.78 is 21.9. The monoisotopic (exact) mass is 409 g/mol. The Morgan fingerprint density at radius 3 is 2.39 bits per heavy atom. The summed E-state index contributed by atoms with van der Waals surface area (Å²) in [7, 11) is 4.31. The predicted molar refractivity (Wildman–Crippen MR) is 105 cm³/mol. The standard InChI is InChI=1S/C17H17ClO6.C3H7N/c1-8-5-9(19)6-12(23-4)17(8)16(20)13-10(21-2)7-11(22-3)14(18)15(13)24-17;1-2-3-4/h6-8H,5H2,1-4H3;2H,1,3-4H2/t8-,17+;/m1./s1. The van der Waals surface area contributed by atoms with E-state index in [4.69, 9.17) is 36.3 Å². The number of Topliss-reactive ketones (excluding diaryl/α,β-unsaturated/α-hetero) is 1. The van der Waals surface area contributed by atoms with E-state index < -0.39 is 11.5 Å². The fourth-order valence-electron chi connectivity index (χ4n) is 3.30. The number of fused-ring (bicyclic) bond motifs is 1. The van der Waals surface area contributed by atoms with Crippen LogP contribution >= 0.6 is 11.6 Å². The quantitative estimate of drug-likeness (QED) is 0.763. The average molecular weight is 410 g/mol. The molecule has 0 amide bonds. The molecule has 1 heterocycles. The molecule has 0 fully saturated rings. The maximum absolute atomic E-state index is 13.3. The van der Waals surface area contributed by atoms with Gasteiger partial charge in [0.1, 0.15) is 22.1 Å². The predicted octanol–water partition coefficient (Wildman–Crippen LogP) is 2.94. The molecule has 0 saturated heterocycles. The van der Waals surface area contributed by atoms with E-state index in [0.717, 1.165) is 0 Å². The summed E-state index contributed by atoms with van der Waals surface area (Å²) in [6.45, 7) is 5.71. The van der Waals surface area contributed by atoms with Gasteiger partial charge >= 0.3 is 0 Å². The molecule has 8 heteroatoms. The molecular weight excluding hydrogens is 386 g/mol. The Hall–Kier alpha value is -2.51. The van der Waals surface area contributed by atoms with Gasteiger partial charge in [-0.05, 0) is 0 Å². The second kappa shape index (κ2) is 8.67. The summed E-state index contributed by atoms with van der Waals surface area (Å²) >= 11 is 6.33. The largest absolute Gasteiger partial charge is 0.496 e. The van der Waals surface area contributed by atoms with Gasteiger partial charge in [0, 0.05) is 31.0 Å². The Kier molecular flexibility index (Phi) is 6.74. The number of hydrogen-bond donors (Lipinski definition) is 1. The summed E-state index contributed by atoms with van der Waals surface area (Å²) in [6.07, 6.45) is 3.13. The van der Waals surface area contributed by atoms with E-state index in [1.54, 1.807) is 13.0 Å². The number of nitrogens with two attached hydrogens (primary N) is 1. The third-order valence-corrected chi connectivity index (χ3v) is 5.02. The van der Waals surface area contributed by atoms with E-state index in [0.29, 0.717) is 18.0 Å². The van der Waals surface area contributed by atoms with Crippen molar-refractivity contribution in [3.05, 3.63) is 41.1 Å². The summed E-state index contributed by atoms with van der Waals surface area (Å²) in [5.41, 5.74) is 3.72. The molecule has 0 radical (unpaired) electrons. The lowest BCUT2D eigenvalue weighted by Gasteiger charge is -2.36. The zero-order valence-corrected chi connectivity index (χ0v) is 17.1. The number of rotatable bonds is 4. The maximum atomic E-state index is 13.3. The van der Waals surface area contributed by atoms with Crippen LogP contribution in [0.2, 0.25) is 5.02 Å². The van der Waals surface area contributed by atoms with Crippen LogP contribution in [-0.4, -0.2) is 45.0 Å². The topological polar surface area (TPSA) is 97.1 Å². The molecule has 1 aliphatic carbocycles.